The molecule has 1 fully saturated rings. The molecule has 1 aliphatic heterocycles. The summed E-state index contributed by atoms with van der Waals surface area (Å²) in [7, 11) is 6.57. The van der Waals surface area contributed by atoms with E-state index in [1.165, 1.54) is 41.5 Å². The van der Waals surface area contributed by atoms with Gasteiger partial charge in [0.15, 0.2) is 0 Å². The van der Waals surface area contributed by atoms with Gasteiger partial charge in [0.2, 0.25) is 0 Å². The van der Waals surface area contributed by atoms with Crippen molar-refractivity contribution in [2.24, 2.45) is 13.0 Å². The van der Waals surface area contributed by atoms with Crippen LogP contribution in [-0.2, 0) is 13.6 Å². The number of nitrogens with zero attached hydrogens (tertiary/aromatic N) is 4. The molecular formula is C21H29N5. The van der Waals surface area contributed by atoms with Gasteiger partial charge in [-0.25, -0.2) is 0 Å². The molecule has 1 aromatic carbocycles. The third-order valence-electron chi connectivity index (χ3n) is 5.84. The highest BCUT2D eigenvalue weighted by molar-refractivity contribution is 5.82. The van der Waals surface area contributed by atoms with E-state index in [1.807, 2.05) is 17.1 Å². The molecule has 4 rings (SSSR count). The molecule has 5 heteroatoms. The molecule has 0 saturated carbocycles. The Kier molecular flexibility index (Phi) is 4.83. The molecule has 0 amide bonds. The van der Waals surface area contributed by atoms with E-state index in [1.54, 1.807) is 0 Å². The zero-order valence-corrected chi connectivity index (χ0v) is 16.0. The van der Waals surface area contributed by atoms with Crippen LogP contribution in [0.3, 0.4) is 0 Å². The first kappa shape index (κ1) is 17.3. The number of H-pyrrole nitrogens is 1. The van der Waals surface area contributed by atoms with Crippen LogP contribution in [0.4, 0.5) is 0 Å². The third-order valence-corrected chi connectivity index (χ3v) is 5.84. The van der Waals surface area contributed by atoms with Crippen molar-refractivity contribution in [3.05, 3.63) is 54.0 Å². The number of aromatic nitrogens is 3. The molecular weight excluding hydrogens is 322 g/mol. The van der Waals surface area contributed by atoms with Gasteiger partial charge in [0.1, 0.15) is 0 Å². The van der Waals surface area contributed by atoms with Gasteiger partial charge in [-0.05, 0) is 63.2 Å². The highest BCUT2D eigenvalue weighted by Gasteiger charge is 2.32. The van der Waals surface area contributed by atoms with Crippen LogP contribution in [-0.4, -0.2) is 51.7 Å². The van der Waals surface area contributed by atoms with E-state index in [0.717, 1.165) is 13.1 Å². The molecule has 2 atom stereocenters. The van der Waals surface area contributed by atoms with Crippen molar-refractivity contribution < 1.29 is 0 Å². The number of rotatable bonds is 5. The summed E-state index contributed by atoms with van der Waals surface area (Å²) in [6.07, 6.45) is 6.50. The maximum atomic E-state index is 4.41. The zero-order valence-electron chi connectivity index (χ0n) is 16.0. The molecule has 5 nitrogen and oxygen atoms in total. The number of hydrogen-bond donors (Lipinski definition) is 1. The molecule has 0 spiro atoms. The number of piperidine rings is 1. The molecule has 1 saturated heterocycles. The highest BCUT2D eigenvalue weighted by Crippen LogP contribution is 2.35. The lowest BCUT2D eigenvalue weighted by atomic mass is 9.87. The van der Waals surface area contributed by atoms with E-state index < -0.39 is 0 Å². The SMILES string of the molecule is CN(Cc1cccc2[nH]ccc12)C[C@@H]1CCCN(C)[C@H]1c1ccnn1C. The summed E-state index contributed by atoms with van der Waals surface area (Å²) in [5.74, 6) is 0.625. The Balaban J connectivity index is 1.51. The summed E-state index contributed by atoms with van der Waals surface area (Å²) in [6.45, 7) is 3.24. The van der Waals surface area contributed by atoms with E-state index in [0.29, 0.717) is 12.0 Å². The average molecular weight is 351 g/mol. The molecule has 1 N–H and O–H groups in total. The Morgan fingerprint density at radius 3 is 2.92 bits per heavy atom. The summed E-state index contributed by atoms with van der Waals surface area (Å²) in [5, 5.41) is 5.75. The van der Waals surface area contributed by atoms with E-state index in [9.17, 15) is 0 Å². The predicted molar refractivity (Wildman–Crippen MR) is 106 cm³/mol. The lowest BCUT2D eigenvalue weighted by molar-refractivity contribution is 0.0874. The smallest absolute Gasteiger partial charge is 0.0555 e. The van der Waals surface area contributed by atoms with Crippen molar-refractivity contribution in [1.82, 2.24) is 24.6 Å². The number of aromatic amines is 1. The van der Waals surface area contributed by atoms with Gasteiger partial charge >= 0.3 is 0 Å². The van der Waals surface area contributed by atoms with E-state index in [2.05, 4.69) is 71.4 Å². The second-order valence-electron chi connectivity index (χ2n) is 7.76. The second-order valence-corrected chi connectivity index (χ2v) is 7.76. The van der Waals surface area contributed by atoms with Gasteiger partial charge in [0, 0.05) is 43.4 Å². The fourth-order valence-corrected chi connectivity index (χ4v) is 4.64. The van der Waals surface area contributed by atoms with E-state index >= 15 is 0 Å². The van der Waals surface area contributed by atoms with Crippen molar-refractivity contribution in [2.75, 3.05) is 27.2 Å². The van der Waals surface area contributed by atoms with Crippen LogP contribution < -0.4 is 0 Å². The van der Waals surface area contributed by atoms with Crippen molar-refractivity contribution in [1.29, 1.82) is 0 Å². The standard InChI is InChI=1S/C21H29N5/c1-24(14-16-6-4-8-19-18(16)9-11-22-19)15-17-7-5-13-25(2)21(17)20-10-12-23-26(20)3/h4,6,8-12,17,21-22H,5,7,13-15H2,1-3H3/t17-,21+/m0/s1. The quantitative estimate of drug-likeness (QED) is 0.766. The van der Waals surface area contributed by atoms with Crippen LogP contribution in [0.2, 0.25) is 0 Å². The van der Waals surface area contributed by atoms with Crippen molar-refractivity contribution in [3.63, 3.8) is 0 Å². The molecule has 3 heterocycles. The van der Waals surface area contributed by atoms with Crippen LogP contribution >= 0.6 is 0 Å². The first-order chi connectivity index (χ1) is 12.6. The average Bonchev–Trinajstić information content (AvgIpc) is 3.25. The maximum absolute atomic E-state index is 4.41. The second kappa shape index (κ2) is 7.25. The van der Waals surface area contributed by atoms with Gasteiger partial charge in [-0.2, -0.15) is 5.10 Å². The van der Waals surface area contributed by atoms with Gasteiger partial charge in [0.05, 0.1) is 11.7 Å². The minimum Gasteiger partial charge on any atom is -0.361 e. The monoisotopic (exact) mass is 351 g/mol. The topological polar surface area (TPSA) is 40.1 Å². The van der Waals surface area contributed by atoms with Gasteiger partial charge < -0.3 is 9.88 Å². The molecule has 0 bridgehead atoms. The van der Waals surface area contributed by atoms with Gasteiger partial charge in [0.25, 0.3) is 0 Å². The molecule has 2 aromatic heterocycles. The summed E-state index contributed by atoms with van der Waals surface area (Å²) in [6, 6.07) is 11.4. The van der Waals surface area contributed by atoms with Crippen LogP contribution in [0.1, 0.15) is 30.1 Å². The van der Waals surface area contributed by atoms with Crippen LogP contribution in [0, 0.1) is 5.92 Å². The molecule has 3 aromatic rings. The summed E-state index contributed by atoms with van der Waals surface area (Å²) >= 11 is 0. The Bertz CT molecular complexity index is 864. The first-order valence-corrected chi connectivity index (χ1v) is 9.55. The summed E-state index contributed by atoms with van der Waals surface area (Å²) in [4.78, 5) is 8.30. The first-order valence-electron chi connectivity index (χ1n) is 9.55. The number of likely N-dealkylation sites (tertiary alicyclic amines) is 1. The number of nitrogens with one attached hydrogen (secondary N) is 1. The minimum absolute atomic E-state index is 0.446. The molecule has 138 valence electrons. The minimum atomic E-state index is 0.446. The normalized spacial score (nSPS) is 21.7. The van der Waals surface area contributed by atoms with Gasteiger partial charge in [-0.3, -0.25) is 9.58 Å². The van der Waals surface area contributed by atoms with Crippen LogP contribution in [0.5, 0.6) is 0 Å². The van der Waals surface area contributed by atoms with E-state index in [4.69, 9.17) is 0 Å². The molecule has 26 heavy (non-hydrogen) atoms. The molecule has 0 aliphatic carbocycles. The zero-order chi connectivity index (χ0) is 18.1. The van der Waals surface area contributed by atoms with Crippen LogP contribution in [0.15, 0.2) is 42.7 Å². The molecule has 0 unspecified atom stereocenters. The Hall–Kier alpha value is -2.11. The fourth-order valence-electron chi connectivity index (χ4n) is 4.64. The van der Waals surface area contributed by atoms with Crippen molar-refractivity contribution in [2.45, 2.75) is 25.4 Å². The summed E-state index contributed by atoms with van der Waals surface area (Å²) in [5.41, 5.74) is 3.95. The number of hydrogen-bond acceptors (Lipinski definition) is 3. The summed E-state index contributed by atoms with van der Waals surface area (Å²) < 4.78 is 2.04. The maximum Gasteiger partial charge on any atom is 0.0555 e. The predicted octanol–water partition coefficient (Wildman–Crippen LogP) is 3.42. The van der Waals surface area contributed by atoms with Crippen LogP contribution in [0.25, 0.3) is 10.9 Å². The number of benzene rings is 1. The van der Waals surface area contributed by atoms with Gasteiger partial charge in [-0.15, -0.1) is 0 Å². The molecule has 1 aliphatic rings. The lowest BCUT2D eigenvalue weighted by Gasteiger charge is -2.40. The lowest BCUT2D eigenvalue weighted by Crippen LogP contribution is -2.41. The number of fused-ring (bicyclic) bond motifs is 1. The Labute approximate surface area is 155 Å². The van der Waals surface area contributed by atoms with E-state index in [-0.39, 0.29) is 0 Å². The Morgan fingerprint density at radius 1 is 1.23 bits per heavy atom. The van der Waals surface area contributed by atoms with Gasteiger partial charge in [-0.1, -0.05) is 12.1 Å². The fraction of sp³-hybridized carbons (Fsp3) is 0.476. The van der Waals surface area contributed by atoms with Crippen molar-refractivity contribution in [3.8, 4) is 0 Å². The Morgan fingerprint density at radius 2 is 2.12 bits per heavy atom. The highest BCUT2D eigenvalue weighted by atomic mass is 15.3. The number of aryl methyl sites for hydroxylation is 1. The largest absolute Gasteiger partial charge is 0.361 e. The third kappa shape index (κ3) is 3.29. The molecule has 0 radical (unpaired) electrons. The van der Waals surface area contributed by atoms with Crippen molar-refractivity contribution >= 4 is 10.9 Å².